The van der Waals surface area contributed by atoms with Crippen molar-refractivity contribution in [3.63, 3.8) is 0 Å². The first-order chi connectivity index (χ1) is 2.79. The highest BCUT2D eigenvalue weighted by molar-refractivity contribution is 7.81. The summed E-state index contributed by atoms with van der Waals surface area (Å²) < 4.78 is 5.66. The fourth-order valence-electron chi connectivity index (χ4n) is 0.230. The molecular weight excluding hydrogens is 135 g/mol. The second-order valence-corrected chi connectivity index (χ2v) is 4.00. The second-order valence-electron chi connectivity index (χ2n) is 0.980. The van der Waals surface area contributed by atoms with Gasteiger partial charge in [-0.1, -0.05) is 0 Å². The Morgan fingerprint density at radius 2 is 2.17 bits per heavy atom. The lowest BCUT2D eigenvalue weighted by atomic mass is 11.2. The van der Waals surface area contributed by atoms with Gasteiger partial charge in [0.2, 0.25) is 0 Å². The molecule has 0 atom stereocenters. The van der Waals surface area contributed by atoms with Gasteiger partial charge in [-0.05, 0) is 12.2 Å². The van der Waals surface area contributed by atoms with Crippen LogP contribution < -0.4 is 8.60 Å². The van der Waals surface area contributed by atoms with Crippen LogP contribution in [0.25, 0.3) is 0 Å². The molecule has 1 fully saturated rings. The van der Waals surface area contributed by atoms with Crippen LogP contribution >= 0.6 is 22.3 Å². The maximum absolute atomic E-state index is 5.47. The standard InChI is InChI=1S/CH3N2S.Al.ClH/c2-1(3)4;;/h(H3-,2,3,4);;1H/q-1;+3;/p-2. The van der Waals surface area contributed by atoms with Crippen LogP contribution in [0.2, 0.25) is 0 Å². The molecule has 32 valence electrons. The third-order valence-electron chi connectivity index (χ3n) is 0.516. The van der Waals surface area contributed by atoms with Crippen LogP contribution in [-0.4, -0.2) is 18.8 Å². The normalized spacial score (nSPS) is 18.2. The Bertz CT molecular complexity index is 77.6. The predicted octanol–water partition coefficient (Wildman–Crippen LogP) is -0.312. The van der Waals surface area contributed by atoms with Crippen molar-refractivity contribution in [2.75, 3.05) is 0 Å². The van der Waals surface area contributed by atoms with Crippen molar-refractivity contribution in [2.24, 2.45) is 0 Å². The number of hydrogen-bond donors (Lipinski definition) is 2. The first-order valence-corrected chi connectivity index (χ1v) is 4.81. The molecule has 1 aliphatic heterocycles. The molecule has 0 aliphatic carbocycles. The zero-order valence-corrected chi connectivity index (χ0v) is 5.59. The molecule has 2 N–H and O–H groups in total. The molecule has 0 radical (unpaired) electrons. The Kier molecular flexibility index (Phi) is 1.20. The molecular formula is CH2AlClN2S. The Balaban J connectivity index is 2.28. The lowest BCUT2D eigenvalue weighted by Gasteiger charge is -2.20. The molecule has 1 heterocycles. The van der Waals surface area contributed by atoms with Gasteiger partial charge in [0, 0.05) is 0 Å². The van der Waals surface area contributed by atoms with E-state index in [9.17, 15) is 0 Å². The fourth-order valence-corrected chi connectivity index (χ4v) is 2.44. The molecule has 1 rings (SSSR count). The van der Waals surface area contributed by atoms with E-state index < -0.39 is 13.7 Å². The maximum atomic E-state index is 5.47. The van der Waals surface area contributed by atoms with E-state index in [1.807, 2.05) is 0 Å². The van der Waals surface area contributed by atoms with E-state index in [-0.39, 0.29) is 0 Å². The van der Waals surface area contributed by atoms with Gasteiger partial charge in [0.1, 0.15) is 5.11 Å². The van der Waals surface area contributed by atoms with Gasteiger partial charge in [0.05, 0.1) is 0 Å². The van der Waals surface area contributed by atoms with Crippen molar-refractivity contribution in [2.45, 2.75) is 0 Å². The molecule has 1 aliphatic rings. The van der Waals surface area contributed by atoms with Crippen LogP contribution in [0.5, 0.6) is 0 Å². The summed E-state index contributed by atoms with van der Waals surface area (Å²) in [5.74, 6) is 0. The zero-order valence-electron chi connectivity index (χ0n) is 2.86. The largest absolute Gasteiger partial charge is 0.706 e. The molecule has 2 nitrogen and oxygen atoms in total. The molecule has 0 bridgehead atoms. The summed E-state index contributed by atoms with van der Waals surface area (Å²) in [6.07, 6.45) is 0. The van der Waals surface area contributed by atoms with Gasteiger partial charge in [-0.3, -0.25) is 0 Å². The minimum atomic E-state index is -1.20. The molecule has 5 heteroatoms. The topological polar surface area (TPSA) is 24.1 Å². The third kappa shape index (κ3) is 0.768. The van der Waals surface area contributed by atoms with Crippen LogP contribution in [0.15, 0.2) is 0 Å². The smallest absolute Gasteiger partial charge is 0.424 e. The van der Waals surface area contributed by atoms with Crippen molar-refractivity contribution in [3.8, 4) is 0 Å². The lowest BCUT2D eigenvalue weighted by molar-refractivity contribution is 1.18. The third-order valence-corrected chi connectivity index (χ3v) is 2.91. The minimum absolute atomic E-state index is 0.696. The van der Waals surface area contributed by atoms with Gasteiger partial charge in [-0.15, -0.1) is 0 Å². The van der Waals surface area contributed by atoms with Crippen LogP contribution in [-0.2, 0) is 0 Å². The highest BCUT2D eigenvalue weighted by Gasteiger charge is 2.29. The van der Waals surface area contributed by atoms with Crippen molar-refractivity contribution < 1.29 is 0 Å². The molecule has 6 heavy (non-hydrogen) atoms. The maximum Gasteiger partial charge on any atom is 0.706 e. The first kappa shape index (κ1) is 4.67. The van der Waals surface area contributed by atoms with E-state index in [1.165, 1.54) is 0 Å². The summed E-state index contributed by atoms with van der Waals surface area (Å²) in [4.78, 5) is 0. The average molecular weight is 137 g/mol. The second kappa shape index (κ2) is 1.55. The van der Waals surface area contributed by atoms with E-state index in [0.717, 1.165) is 0 Å². The molecule has 0 aromatic rings. The Morgan fingerprint density at radius 3 is 2.17 bits per heavy atom. The number of thiocarbonyl (C=S) groups is 1. The number of rotatable bonds is 0. The van der Waals surface area contributed by atoms with Crippen LogP contribution in [0.4, 0.5) is 0 Å². The Hall–Kier alpha value is 0.512. The average Bonchev–Trinajstić information content (AvgIpc) is 1.33. The van der Waals surface area contributed by atoms with Gasteiger partial charge in [0.25, 0.3) is 0 Å². The molecule has 0 aromatic carbocycles. The van der Waals surface area contributed by atoms with E-state index in [0.29, 0.717) is 5.11 Å². The van der Waals surface area contributed by atoms with E-state index >= 15 is 0 Å². The van der Waals surface area contributed by atoms with Crippen LogP contribution in [0.1, 0.15) is 0 Å². The molecule has 0 saturated carbocycles. The van der Waals surface area contributed by atoms with Gasteiger partial charge >= 0.3 is 13.7 Å². The van der Waals surface area contributed by atoms with Gasteiger partial charge in [-0.2, -0.15) is 10.0 Å². The van der Waals surface area contributed by atoms with Gasteiger partial charge in [0.15, 0.2) is 0 Å². The van der Waals surface area contributed by atoms with Crippen molar-refractivity contribution >= 4 is 41.0 Å². The Labute approximate surface area is 49.9 Å². The number of halogens is 1. The van der Waals surface area contributed by atoms with E-state index in [4.69, 9.17) is 10.0 Å². The van der Waals surface area contributed by atoms with Crippen LogP contribution in [0.3, 0.4) is 0 Å². The molecule has 0 unspecified atom stereocenters. The van der Waals surface area contributed by atoms with Crippen molar-refractivity contribution in [1.82, 2.24) is 8.60 Å². The van der Waals surface area contributed by atoms with E-state index in [1.54, 1.807) is 0 Å². The van der Waals surface area contributed by atoms with Gasteiger partial charge in [-0.25, -0.2) is 0 Å². The summed E-state index contributed by atoms with van der Waals surface area (Å²) in [6, 6.07) is 0. The predicted molar refractivity (Wildman–Crippen MR) is 30.5 cm³/mol. The molecule has 1 saturated heterocycles. The van der Waals surface area contributed by atoms with Crippen molar-refractivity contribution in [1.29, 1.82) is 0 Å². The molecule has 0 spiro atoms. The van der Waals surface area contributed by atoms with Crippen molar-refractivity contribution in [3.05, 3.63) is 0 Å². The van der Waals surface area contributed by atoms with Crippen LogP contribution in [0, 0.1) is 0 Å². The SMILES string of the molecule is S=C1[NH][Al]([Cl])[NH]1. The molecule has 0 amide bonds. The minimum Gasteiger partial charge on any atom is -0.424 e. The summed E-state index contributed by atoms with van der Waals surface area (Å²) in [6.45, 7) is 0. The number of hydrogen-bond acceptors (Lipinski definition) is 1. The quantitative estimate of drug-likeness (QED) is 0.353. The Morgan fingerprint density at radius 1 is 1.67 bits per heavy atom. The monoisotopic (exact) mass is 136 g/mol. The summed E-state index contributed by atoms with van der Waals surface area (Å²) in [5.41, 5.74) is 0. The van der Waals surface area contributed by atoms with Gasteiger partial charge < -0.3 is 8.60 Å². The first-order valence-electron chi connectivity index (χ1n) is 1.50. The lowest BCUT2D eigenvalue weighted by Crippen LogP contribution is -2.64. The van der Waals surface area contributed by atoms with E-state index in [2.05, 4.69) is 20.8 Å². The summed E-state index contributed by atoms with van der Waals surface area (Å²) >= 11 is 3.39. The fraction of sp³-hybridized carbons (Fsp3) is 0. The molecule has 0 aromatic heterocycles. The highest BCUT2D eigenvalue weighted by Crippen LogP contribution is 1.87. The summed E-state index contributed by atoms with van der Waals surface area (Å²) in [5, 5.41) is 0.696. The number of nitrogens with one attached hydrogen (secondary N) is 2. The summed E-state index contributed by atoms with van der Waals surface area (Å²) in [7, 11) is 5.47. The highest BCUT2D eigenvalue weighted by atomic mass is 35.6. The zero-order chi connectivity index (χ0) is 4.57.